The van der Waals surface area contributed by atoms with E-state index in [1.165, 1.54) is 0 Å². The Hall–Kier alpha value is -1.75. The first-order valence-electron chi connectivity index (χ1n) is 6.20. The van der Waals surface area contributed by atoms with Crippen LogP contribution in [0.15, 0.2) is 18.2 Å². The molecule has 0 saturated carbocycles. The van der Waals surface area contributed by atoms with Crippen LogP contribution in [-0.4, -0.2) is 25.3 Å². The SMILES string of the molecule is O=C1CCC(CNCc2ccc3c(c2)OCO3)N1. The number of rotatable bonds is 4. The van der Waals surface area contributed by atoms with Crippen LogP contribution in [0, 0.1) is 0 Å². The molecule has 2 aliphatic heterocycles. The van der Waals surface area contributed by atoms with Crippen LogP contribution in [0.4, 0.5) is 0 Å². The van der Waals surface area contributed by atoms with Crippen LogP contribution < -0.4 is 20.1 Å². The maximum Gasteiger partial charge on any atom is 0.231 e. The van der Waals surface area contributed by atoms with Gasteiger partial charge in [-0.25, -0.2) is 0 Å². The Morgan fingerprint density at radius 1 is 1.33 bits per heavy atom. The van der Waals surface area contributed by atoms with Gasteiger partial charge in [-0.15, -0.1) is 0 Å². The number of fused-ring (bicyclic) bond motifs is 1. The summed E-state index contributed by atoms with van der Waals surface area (Å²) < 4.78 is 10.6. The number of benzene rings is 1. The molecule has 0 aromatic heterocycles. The van der Waals surface area contributed by atoms with Crippen LogP contribution in [0.2, 0.25) is 0 Å². The Morgan fingerprint density at radius 2 is 2.22 bits per heavy atom. The Kier molecular flexibility index (Phi) is 3.06. The molecule has 0 radical (unpaired) electrons. The summed E-state index contributed by atoms with van der Waals surface area (Å²) in [5.74, 6) is 1.77. The van der Waals surface area contributed by atoms with Crippen LogP contribution >= 0.6 is 0 Å². The Morgan fingerprint density at radius 3 is 3.06 bits per heavy atom. The van der Waals surface area contributed by atoms with E-state index >= 15 is 0 Å². The van der Waals surface area contributed by atoms with Gasteiger partial charge in [0, 0.05) is 25.6 Å². The highest BCUT2D eigenvalue weighted by Gasteiger charge is 2.20. The zero-order chi connectivity index (χ0) is 12.4. The monoisotopic (exact) mass is 248 g/mol. The maximum absolute atomic E-state index is 11.0. The second-order valence-corrected chi connectivity index (χ2v) is 4.62. The fraction of sp³-hybridized carbons (Fsp3) is 0.462. The summed E-state index contributed by atoms with van der Waals surface area (Å²) in [4.78, 5) is 11.0. The summed E-state index contributed by atoms with van der Waals surface area (Å²) in [6, 6.07) is 6.21. The van der Waals surface area contributed by atoms with Crippen molar-refractivity contribution in [3.63, 3.8) is 0 Å². The Labute approximate surface area is 105 Å². The molecule has 1 fully saturated rings. The van der Waals surface area contributed by atoms with Crippen molar-refractivity contribution in [3.05, 3.63) is 23.8 Å². The van der Waals surface area contributed by atoms with E-state index in [-0.39, 0.29) is 11.9 Å². The summed E-state index contributed by atoms with van der Waals surface area (Å²) in [5.41, 5.74) is 1.16. The third-order valence-corrected chi connectivity index (χ3v) is 3.24. The first-order chi connectivity index (χ1) is 8.81. The largest absolute Gasteiger partial charge is 0.454 e. The van der Waals surface area contributed by atoms with Gasteiger partial charge in [0.2, 0.25) is 12.7 Å². The van der Waals surface area contributed by atoms with E-state index in [0.29, 0.717) is 13.2 Å². The molecule has 2 N–H and O–H groups in total. The smallest absolute Gasteiger partial charge is 0.231 e. The second-order valence-electron chi connectivity index (χ2n) is 4.62. The molecule has 1 saturated heterocycles. The highest BCUT2D eigenvalue weighted by molar-refractivity contribution is 5.78. The topological polar surface area (TPSA) is 59.6 Å². The van der Waals surface area contributed by atoms with Crippen molar-refractivity contribution < 1.29 is 14.3 Å². The summed E-state index contributed by atoms with van der Waals surface area (Å²) in [6.45, 7) is 1.88. The quantitative estimate of drug-likeness (QED) is 0.827. The Bertz CT molecular complexity index is 462. The van der Waals surface area contributed by atoms with Crippen LogP contribution in [0.3, 0.4) is 0 Å². The third-order valence-electron chi connectivity index (χ3n) is 3.24. The molecule has 1 aromatic rings. The zero-order valence-electron chi connectivity index (χ0n) is 10.1. The van der Waals surface area contributed by atoms with Crippen molar-refractivity contribution in [3.8, 4) is 11.5 Å². The molecule has 3 rings (SSSR count). The number of carbonyl (C=O) groups is 1. The normalized spacial score (nSPS) is 21.1. The van der Waals surface area contributed by atoms with Crippen LogP contribution in [-0.2, 0) is 11.3 Å². The minimum Gasteiger partial charge on any atom is -0.454 e. The van der Waals surface area contributed by atoms with E-state index in [0.717, 1.165) is 36.6 Å². The van der Waals surface area contributed by atoms with Crippen LogP contribution in [0.1, 0.15) is 18.4 Å². The number of carbonyl (C=O) groups excluding carboxylic acids is 1. The number of hydrogen-bond acceptors (Lipinski definition) is 4. The van der Waals surface area contributed by atoms with E-state index in [4.69, 9.17) is 9.47 Å². The molecule has 5 heteroatoms. The van der Waals surface area contributed by atoms with Crippen LogP contribution in [0.5, 0.6) is 11.5 Å². The fourth-order valence-electron chi connectivity index (χ4n) is 2.27. The third kappa shape index (κ3) is 2.41. The summed E-state index contributed by atoms with van der Waals surface area (Å²) >= 11 is 0. The van der Waals surface area contributed by atoms with E-state index in [1.807, 2.05) is 18.2 Å². The second kappa shape index (κ2) is 4.86. The van der Waals surface area contributed by atoms with Gasteiger partial charge in [0.1, 0.15) is 0 Å². The molecular weight excluding hydrogens is 232 g/mol. The van der Waals surface area contributed by atoms with Gasteiger partial charge in [-0.3, -0.25) is 4.79 Å². The lowest BCUT2D eigenvalue weighted by Crippen LogP contribution is -2.35. The lowest BCUT2D eigenvalue weighted by Gasteiger charge is -2.11. The number of nitrogens with one attached hydrogen (secondary N) is 2. The summed E-state index contributed by atoms with van der Waals surface area (Å²) in [5, 5.41) is 6.28. The molecule has 0 aliphatic carbocycles. The molecule has 1 amide bonds. The first kappa shape index (κ1) is 11.3. The number of ether oxygens (including phenoxy) is 2. The van der Waals surface area contributed by atoms with Crippen molar-refractivity contribution in [2.24, 2.45) is 0 Å². The average molecular weight is 248 g/mol. The van der Waals surface area contributed by atoms with Crippen LogP contribution in [0.25, 0.3) is 0 Å². The first-order valence-corrected chi connectivity index (χ1v) is 6.20. The predicted octanol–water partition coefficient (Wildman–Crippen LogP) is 0.783. The van der Waals surface area contributed by atoms with Gasteiger partial charge in [-0.1, -0.05) is 6.07 Å². The molecule has 96 valence electrons. The molecule has 1 aromatic carbocycles. The van der Waals surface area contributed by atoms with Gasteiger partial charge < -0.3 is 20.1 Å². The average Bonchev–Trinajstić information content (AvgIpc) is 2.97. The van der Waals surface area contributed by atoms with E-state index in [9.17, 15) is 4.79 Å². The summed E-state index contributed by atoms with van der Waals surface area (Å²) in [6.07, 6.45) is 1.57. The molecule has 5 nitrogen and oxygen atoms in total. The molecule has 2 aliphatic rings. The number of amides is 1. The van der Waals surface area contributed by atoms with E-state index in [2.05, 4.69) is 10.6 Å². The van der Waals surface area contributed by atoms with E-state index < -0.39 is 0 Å². The van der Waals surface area contributed by atoms with Gasteiger partial charge >= 0.3 is 0 Å². The highest BCUT2D eigenvalue weighted by atomic mass is 16.7. The fourth-order valence-corrected chi connectivity index (χ4v) is 2.27. The van der Waals surface area contributed by atoms with Gasteiger partial charge in [0.05, 0.1) is 0 Å². The summed E-state index contributed by atoms with van der Waals surface area (Å²) in [7, 11) is 0. The maximum atomic E-state index is 11.0. The van der Waals surface area contributed by atoms with Crippen molar-refractivity contribution in [1.82, 2.24) is 10.6 Å². The minimum atomic E-state index is 0.157. The molecule has 0 bridgehead atoms. The molecular formula is C13H16N2O3. The lowest BCUT2D eigenvalue weighted by atomic mass is 10.2. The lowest BCUT2D eigenvalue weighted by molar-refractivity contribution is -0.119. The van der Waals surface area contributed by atoms with Gasteiger partial charge in [0.15, 0.2) is 11.5 Å². The highest BCUT2D eigenvalue weighted by Crippen LogP contribution is 2.32. The molecule has 1 atom stereocenters. The van der Waals surface area contributed by atoms with Crippen molar-refractivity contribution >= 4 is 5.91 Å². The van der Waals surface area contributed by atoms with Gasteiger partial charge in [-0.2, -0.15) is 0 Å². The van der Waals surface area contributed by atoms with Gasteiger partial charge in [0.25, 0.3) is 0 Å². The van der Waals surface area contributed by atoms with Gasteiger partial charge in [-0.05, 0) is 24.1 Å². The molecule has 2 heterocycles. The van der Waals surface area contributed by atoms with Crippen molar-refractivity contribution in [2.45, 2.75) is 25.4 Å². The minimum absolute atomic E-state index is 0.157. The molecule has 0 spiro atoms. The number of hydrogen-bond donors (Lipinski definition) is 2. The zero-order valence-corrected chi connectivity index (χ0v) is 10.1. The van der Waals surface area contributed by atoms with Crippen molar-refractivity contribution in [2.75, 3.05) is 13.3 Å². The van der Waals surface area contributed by atoms with Crippen molar-refractivity contribution in [1.29, 1.82) is 0 Å². The predicted molar refractivity (Wildman–Crippen MR) is 65.4 cm³/mol. The standard InChI is InChI=1S/C13H16N2O3/c16-13-4-2-10(15-13)7-14-6-9-1-3-11-12(5-9)18-8-17-11/h1,3,5,10,14H,2,4,6-8H2,(H,15,16). The van der Waals surface area contributed by atoms with E-state index in [1.54, 1.807) is 0 Å². The molecule has 1 unspecified atom stereocenters. The molecule has 18 heavy (non-hydrogen) atoms. The Balaban J connectivity index is 1.50.